The SMILES string of the molecule is CC(=O)O.CC(N)c1c(Cl)cccc1Cl. The number of benzene rings is 1. The third-order valence-corrected chi connectivity index (χ3v) is 2.11. The molecule has 0 heterocycles. The van der Waals surface area contributed by atoms with Crippen LogP contribution in [0.2, 0.25) is 10.0 Å². The summed E-state index contributed by atoms with van der Waals surface area (Å²) >= 11 is 11.7. The van der Waals surface area contributed by atoms with Crippen molar-refractivity contribution >= 4 is 29.2 Å². The largest absolute Gasteiger partial charge is 0.481 e. The zero-order valence-corrected chi connectivity index (χ0v) is 10.0. The first-order valence-electron chi connectivity index (χ1n) is 4.25. The second-order valence-electron chi connectivity index (χ2n) is 2.94. The van der Waals surface area contributed by atoms with Crippen LogP contribution in [0.3, 0.4) is 0 Å². The lowest BCUT2D eigenvalue weighted by Crippen LogP contribution is -2.06. The van der Waals surface area contributed by atoms with Gasteiger partial charge in [0.1, 0.15) is 0 Å². The van der Waals surface area contributed by atoms with Gasteiger partial charge < -0.3 is 10.8 Å². The number of carboxylic acids is 1. The maximum atomic E-state index is 9.00. The average Bonchev–Trinajstić information content (AvgIpc) is 2.01. The van der Waals surface area contributed by atoms with Gasteiger partial charge in [0.25, 0.3) is 5.97 Å². The van der Waals surface area contributed by atoms with Crippen LogP contribution in [0.5, 0.6) is 0 Å². The van der Waals surface area contributed by atoms with Crippen molar-refractivity contribution in [3.05, 3.63) is 33.8 Å². The van der Waals surface area contributed by atoms with Crippen LogP contribution >= 0.6 is 23.2 Å². The third kappa shape index (κ3) is 5.62. The summed E-state index contributed by atoms with van der Waals surface area (Å²) in [7, 11) is 0. The van der Waals surface area contributed by atoms with Crippen LogP contribution in [0, 0.1) is 0 Å². The molecule has 3 nitrogen and oxygen atoms in total. The summed E-state index contributed by atoms with van der Waals surface area (Å²) in [4.78, 5) is 9.00. The molecule has 0 aliphatic carbocycles. The molecule has 1 unspecified atom stereocenters. The zero-order valence-electron chi connectivity index (χ0n) is 8.50. The van der Waals surface area contributed by atoms with E-state index in [-0.39, 0.29) is 6.04 Å². The number of aliphatic carboxylic acids is 1. The van der Waals surface area contributed by atoms with E-state index in [0.717, 1.165) is 12.5 Å². The van der Waals surface area contributed by atoms with E-state index < -0.39 is 5.97 Å². The number of halogens is 2. The van der Waals surface area contributed by atoms with Gasteiger partial charge in [-0.3, -0.25) is 4.79 Å². The monoisotopic (exact) mass is 249 g/mol. The van der Waals surface area contributed by atoms with Crippen LogP contribution in [-0.4, -0.2) is 11.1 Å². The lowest BCUT2D eigenvalue weighted by atomic mass is 10.1. The van der Waals surface area contributed by atoms with Crippen LogP contribution in [0.25, 0.3) is 0 Å². The molecule has 1 aromatic carbocycles. The van der Waals surface area contributed by atoms with Gasteiger partial charge in [-0.05, 0) is 19.1 Å². The molecule has 5 heteroatoms. The Bertz CT molecular complexity index is 316. The fourth-order valence-corrected chi connectivity index (χ4v) is 1.69. The first kappa shape index (κ1) is 14.2. The van der Waals surface area contributed by atoms with Gasteiger partial charge in [0.05, 0.1) is 0 Å². The van der Waals surface area contributed by atoms with Gasteiger partial charge in [-0.25, -0.2) is 0 Å². The highest BCUT2D eigenvalue weighted by Crippen LogP contribution is 2.28. The molecule has 3 N–H and O–H groups in total. The van der Waals surface area contributed by atoms with Crippen molar-refractivity contribution in [2.45, 2.75) is 19.9 Å². The van der Waals surface area contributed by atoms with Crippen molar-refractivity contribution in [3.63, 3.8) is 0 Å². The molecule has 1 atom stereocenters. The average molecular weight is 250 g/mol. The molecule has 0 bridgehead atoms. The van der Waals surface area contributed by atoms with Gasteiger partial charge >= 0.3 is 0 Å². The Labute approximate surface area is 98.8 Å². The minimum atomic E-state index is -0.833. The van der Waals surface area contributed by atoms with Crippen molar-refractivity contribution in [1.82, 2.24) is 0 Å². The summed E-state index contributed by atoms with van der Waals surface area (Å²) in [6, 6.07) is 5.26. The van der Waals surface area contributed by atoms with Crippen molar-refractivity contribution in [2.24, 2.45) is 5.73 Å². The Morgan fingerprint density at radius 2 is 1.73 bits per heavy atom. The number of hydrogen-bond donors (Lipinski definition) is 2. The highest BCUT2D eigenvalue weighted by Gasteiger charge is 2.08. The van der Waals surface area contributed by atoms with Crippen LogP contribution in [0.4, 0.5) is 0 Å². The molecular weight excluding hydrogens is 237 g/mol. The van der Waals surface area contributed by atoms with Crippen LogP contribution in [-0.2, 0) is 4.79 Å². The number of carbonyl (C=O) groups is 1. The predicted molar refractivity (Wildman–Crippen MR) is 62.4 cm³/mol. The highest BCUT2D eigenvalue weighted by atomic mass is 35.5. The molecule has 84 valence electrons. The standard InChI is InChI=1S/C8H9Cl2N.C2H4O2/c1-5(11)8-6(9)3-2-4-7(8)10;1-2(3)4/h2-5H,11H2,1H3;1H3,(H,3,4). The molecule has 0 amide bonds. The second-order valence-corrected chi connectivity index (χ2v) is 3.76. The normalized spacial score (nSPS) is 11.3. The summed E-state index contributed by atoms with van der Waals surface area (Å²) in [5, 5.41) is 8.68. The molecule has 1 aromatic rings. The van der Waals surface area contributed by atoms with Crippen molar-refractivity contribution < 1.29 is 9.90 Å². The quantitative estimate of drug-likeness (QED) is 0.804. The number of hydrogen-bond acceptors (Lipinski definition) is 2. The van der Waals surface area contributed by atoms with Crippen LogP contribution < -0.4 is 5.73 Å². The fraction of sp³-hybridized carbons (Fsp3) is 0.300. The smallest absolute Gasteiger partial charge is 0.300 e. The Hall–Kier alpha value is -0.770. The van der Waals surface area contributed by atoms with E-state index in [4.69, 9.17) is 38.8 Å². The third-order valence-electron chi connectivity index (χ3n) is 1.46. The number of rotatable bonds is 1. The fourth-order valence-electron chi connectivity index (χ4n) is 0.946. The van der Waals surface area contributed by atoms with Crippen LogP contribution in [0.1, 0.15) is 25.5 Å². The Kier molecular flexibility index (Phi) is 6.32. The van der Waals surface area contributed by atoms with E-state index in [1.807, 2.05) is 6.92 Å². The summed E-state index contributed by atoms with van der Waals surface area (Å²) < 4.78 is 0. The first-order chi connectivity index (χ1) is 6.86. The topological polar surface area (TPSA) is 63.3 Å². The van der Waals surface area contributed by atoms with Gasteiger partial charge in [0.2, 0.25) is 0 Å². The van der Waals surface area contributed by atoms with Crippen LogP contribution in [0.15, 0.2) is 18.2 Å². The van der Waals surface area contributed by atoms with Crippen molar-refractivity contribution in [1.29, 1.82) is 0 Å². The van der Waals surface area contributed by atoms with E-state index in [0.29, 0.717) is 10.0 Å². The van der Waals surface area contributed by atoms with Gasteiger partial charge in [-0.15, -0.1) is 0 Å². The minimum Gasteiger partial charge on any atom is -0.481 e. The van der Waals surface area contributed by atoms with Gasteiger partial charge in [0, 0.05) is 28.6 Å². The molecule has 0 saturated heterocycles. The summed E-state index contributed by atoms with van der Waals surface area (Å²) in [5.74, 6) is -0.833. The Morgan fingerprint density at radius 3 is 1.93 bits per heavy atom. The molecule has 15 heavy (non-hydrogen) atoms. The Balaban J connectivity index is 0.000000423. The van der Waals surface area contributed by atoms with E-state index >= 15 is 0 Å². The van der Waals surface area contributed by atoms with E-state index in [9.17, 15) is 0 Å². The molecule has 0 fully saturated rings. The Morgan fingerprint density at radius 1 is 1.40 bits per heavy atom. The van der Waals surface area contributed by atoms with Gasteiger partial charge in [0.15, 0.2) is 0 Å². The molecular formula is C10H13Cl2NO2. The molecule has 0 saturated carbocycles. The minimum absolute atomic E-state index is 0.115. The van der Waals surface area contributed by atoms with Crippen molar-refractivity contribution in [3.8, 4) is 0 Å². The first-order valence-corrected chi connectivity index (χ1v) is 5.01. The summed E-state index contributed by atoms with van der Waals surface area (Å²) in [6.45, 7) is 2.94. The maximum Gasteiger partial charge on any atom is 0.300 e. The van der Waals surface area contributed by atoms with Gasteiger partial charge in [-0.1, -0.05) is 29.3 Å². The second kappa shape index (κ2) is 6.67. The highest BCUT2D eigenvalue weighted by molar-refractivity contribution is 6.36. The molecule has 0 aliphatic rings. The maximum absolute atomic E-state index is 9.00. The molecule has 0 spiro atoms. The molecule has 0 aliphatic heterocycles. The van der Waals surface area contributed by atoms with Gasteiger partial charge in [-0.2, -0.15) is 0 Å². The molecule has 0 radical (unpaired) electrons. The lowest BCUT2D eigenvalue weighted by molar-refractivity contribution is -0.134. The molecule has 0 aromatic heterocycles. The van der Waals surface area contributed by atoms with Crippen molar-refractivity contribution in [2.75, 3.05) is 0 Å². The summed E-state index contributed by atoms with van der Waals surface area (Å²) in [5.41, 5.74) is 6.46. The van der Waals surface area contributed by atoms with E-state index in [2.05, 4.69) is 0 Å². The van der Waals surface area contributed by atoms with E-state index in [1.165, 1.54) is 0 Å². The predicted octanol–water partition coefficient (Wildman–Crippen LogP) is 3.10. The van der Waals surface area contributed by atoms with E-state index in [1.54, 1.807) is 18.2 Å². The number of carboxylic acid groups (broad SMARTS) is 1. The lowest BCUT2D eigenvalue weighted by Gasteiger charge is -2.09. The zero-order chi connectivity index (χ0) is 12.0. The summed E-state index contributed by atoms with van der Waals surface area (Å²) in [6.07, 6.45) is 0. The number of nitrogens with two attached hydrogens (primary N) is 1. The molecule has 1 rings (SSSR count).